The Morgan fingerprint density at radius 2 is 1.82 bits per heavy atom. The van der Waals surface area contributed by atoms with Crippen molar-refractivity contribution in [2.45, 2.75) is 31.9 Å². The first kappa shape index (κ1) is 18.4. The van der Waals surface area contributed by atoms with Gasteiger partial charge in [-0.3, -0.25) is 9.59 Å². The molecule has 0 radical (unpaired) electrons. The molecule has 0 saturated carbocycles. The molecule has 5 nitrogen and oxygen atoms in total. The second-order valence-corrected chi connectivity index (χ2v) is 7.36. The molecule has 0 aliphatic carbocycles. The quantitative estimate of drug-likeness (QED) is 0.502. The number of nitrogens with zero attached hydrogens (tertiary/aromatic N) is 1. The van der Waals surface area contributed by atoms with Gasteiger partial charge in [-0.25, -0.2) is 0 Å². The van der Waals surface area contributed by atoms with Crippen molar-refractivity contribution in [2.75, 3.05) is 13.2 Å². The van der Waals surface area contributed by atoms with E-state index in [1.807, 2.05) is 49.4 Å². The molecule has 2 aromatic carbocycles. The van der Waals surface area contributed by atoms with Crippen LogP contribution in [0.4, 0.5) is 0 Å². The fourth-order valence-corrected chi connectivity index (χ4v) is 3.92. The van der Waals surface area contributed by atoms with Gasteiger partial charge in [0.25, 0.3) is 11.7 Å². The van der Waals surface area contributed by atoms with Crippen molar-refractivity contribution >= 4 is 17.4 Å². The van der Waals surface area contributed by atoms with Gasteiger partial charge in [-0.1, -0.05) is 60.2 Å². The van der Waals surface area contributed by atoms with Crippen LogP contribution in [0.3, 0.4) is 0 Å². The zero-order chi connectivity index (χ0) is 19.7. The van der Waals surface area contributed by atoms with Gasteiger partial charge in [0.1, 0.15) is 5.76 Å². The number of benzene rings is 2. The van der Waals surface area contributed by atoms with Crippen molar-refractivity contribution in [3.63, 3.8) is 0 Å². The second-order valence-electron chi connectivity index (χ2n) is 7.36. The molecule has 2 saturated heterocycles. The van der Waals surface area contributed by atoms with E-state index in [1.54, 1.807) is 17.0 Å². The lowest BCUT2D eigenvalue weighted by Gasteiger charge is -2.27. The molecule has 2 fully saturated rings. The van der Waals surface area contributed by atoms with Crippen molar-refractivity contribution in [1.82, 2.24) is 4.90 Å². The third-order valence-corrected chi connectivity index (χ3v) is 5.40. The van der Waals surface area contributed by atoms with Gasteiger partial charge in [0.15, 0.2) is 0 Å². The van der Waals surface area contributed by atoms with Crippen molar-refractivity contribution in [3.8, 4) is 0 Å². The summed E-state index contributed by atoms with van der Waals surface area (Å²) in [4.78, 5) is 27.3. The van der Waals surface area contributed by atoms with Crippen LogP contribution in [0.5, 0.6) is 0 Å². The SMILES string of the molecule is Cc1ccc(C(O)=C2C(=O)C(=O)N(C[C@@H]3CCCO3)[C@@H]2c2ccccc2)cc1. The van der Waals surface area contributed by atoms with E-state index in [9.17, 15) is 14.7 Å². The summed E-state index contributed by atoms with van der Waals surface area (Å²) in [5.74, 6) is -1.37. The van der Waals surface area contributed by atoms with Gasteiger partial charge in [-0.05, 0) is 25.3 Å². The second kappa shape index (κ2) is 7.60. The van der Waals surface area contributed by atoms with E-state index in [4.69, 9.17) is 4.74 Å². The maximum atomic E-state index is 12.9. The minimum atomic E-state index is -0.648. The number of amides is 1. The molecule has 0 aromatic heterocycles. The highest BCUT2D eigenvalue weighted by atomic mass is 16.5. The predicted octanol–water partition coefficient (Wildman–Crippen LogP) is 3.60. The number of hydrogen-bond donors (Lipinski definition) is 1. The summed E-state index contributed by atoms with van der Waals surface area (Å²) in [6.07, 6.45) is 1.74. The highest BCUT2D eigenvalue weighted by Crippen LogP contribution is 2.39. The molecule has 2 aliphatic heterocycles. The molecular weight excluding hydrogens is 354 g/mol. The van der Waals surface area contributed by atoms with Crippen LogP contribution in [-0.2, 0) is 14.3 Å². The lowest BCUT2D eigenvalue weighted by molar-refractivity contribution is -0.140. The molecule has 1 N–H and O–H groups in total. The Labute approximate surface area is 164 Å². The standard InChI is InChI=1S/C23H23NO4/c1-15-9-11-17(12-10-15)21(25)19-20(16-6-3-2-4-7-16)24(23(27)22(19)26)14-18-8-5-13-28-18/h2-4,6-7,9-12,18,20,25H,5,8,13-14H2,1H3/t18-,20+/m0/s1. The fourth-order valence-electron chi connectivity index (χ4n) is 3.92. The Bertz CT molecular complexity index is 911. The molecule has 1 amide bonds. The van der Waals surface area contributed by atoms with Crippen LogP contribution in [0.25, 0.3) is 5.76 Å². The Hall–Kier alpha value is -2.92. The van der Waals surface area contributed by atoms with Crippen molar-refractivity contribution in [3.05, 3.63) is 76.9 Å². The molecule has 4 rings (SSSR count). The van der Waals surface area contributed by atoms with Crippen molar-refractivity contribution < 1.29 is 19.4 Å². The van der Waals surface area contributed by atoms with Crippen LogP contribution in [0, 0.1) is 6.92 Å². The van der Waals surface area contributed by atoms with Crippen LogP contribution in [-0.4, -0.2) is 41.0 Å². The third-order valence-electron chi connectivity index (χ3n) is 5.40. The van der Waals surface area contributed by atoms with Gasteiger partial charge in [0.2, 0.25) is 0 Å². The van der Waals surface area contributed by atoms with Crippen LogP contribution in [0.1, 0.15) is 35.6 Å². The Morgan fingerprint density at radius 1 is 1.11 bits per heavy atom. The number of aliphatic hydroxyl groups excluding tert-OH is 1. The molecule has 2 heterocycles. The smallest absolute Gasteiger partial charge is 0.295 e. The minimum Gasteiger partial charge on any atom is -0.507 e. The summed E-state index contributed by atoms with van der Waals surface area (Å²) in [6.45, 7) is 2.97. The number of ketones is 1. The van der Waals surface area contributed by atoms with Crippen LogP contribution in [0.2, 0.25) is 0 Å². The Kier molecular flexibility index (Phi) is 5.01. The van der Waals surface area contributed by atoms with Gasteiger partial charge < -0.3 is 14.7 Å². The van der Waals surface area contributed by atoms with Gasteiger partial charge in [0, 0.05) is 18.7 Å². The molecule has 0 spiro atoms. The maximum Gasteiger partial charge on any atom is 0.295 e. The molecule has 2 atom stereocenters. The molecule has 28 heavy (non-hydrogen) atoms. The van der Waals surface area contributed by atoms with Gasteiger partial charge in [0.05, 0.1) is 17.7 Å². The monoisotopic (exact) mass is 377 g/mol. The lowest BCUT2D eigenvalue weighted by atomic mass is 9.95. The van der Waals surface area contributed by atoms with E-state index in [2.05, 4.69) is 0 Å². The third kappa shape index (κ3) is 3.34. The lowest BCUT2D eigenvalue weighted by Crippen LogP contribution is -2.36. The van der Waals surface area contributed by atoms with E-state index >= 15 is 0 Å². The van der Waals surface area contributed by atoms with Crippen LogP contribution in [0.15, 0.2) is 60.2 Å². The van der Waals surface area contributed by atoms with Crippen molar-refractivity contribution in [1.29, 1.82) is 0 Å². The first-order valence-corrected chi connectivity index (χ1v) is 9.58. The molecular formula is C23H23NO4. The van der Waals surface area contributed by atoms with Crippen LogP contribution >= 0.6 is 0 Å². The summed E-state index contributed by atoms with van der Waals surface area (Å²) in [5.41, 5.74) is 2.52. The normalized spacial score (nSPS) is 24.1. The number of aryl methyl sites for hydroxylation is 1. The minimum absolute atomic E-state index is 0.0798. The van der Waals surface area contributed by atoms with Crippen molar-refractivity contribution in [2.24, 2.45) is 0 Å². The molecule has 2 aliphatic rings. The van der Waals surface area contributed by atoms with Gasteiger partial charge >= 0.3 is 0 Å². The Morgan fingerprint density at radius 3 is 2.46 bits per heavy atom. The molecule has 0 unspecified atom stereocenters. The zero-order valence-electron chi connectivity index (χ0n) is 15.8. The molecule has 2 aromatic rings. The summed E-state index contributed by atoms with van der Waals surface area (Å²) in [6, 6.07) is 16.0. The predicted molar refractivity (Wildman–Crippen MR) is 106 cm³/mol. The number of likely N-dealkylation sites (tertiary alicyclic amines) is 1. The number of hydrogen-bond acceptors (Lipinski definition) is 4. The van der Waals surface area contributed by atoms with E-state index in [1.165, 1.54) is 0 Å². The number of carbonyl (C=O) groups is 2. The fraction of sp³-hybridized carbons (Fsp3) is 0.304. The number of aliphatic hydroxyl groups is 1. The zero-order valence-corrected chi connectivity index (χ0v) is 15.8. The number of carbonyl (C=O) groups excluding carboxylic acids is 2. The number of rotatable bonds is 4. The number of ether oxygens (including phenoxy) is 1. The average Bonchev–Trinajstić information content (AvgIpc) is 3.31. The van der Waals surface area contributed by atoms with E-state index < -0.39 is 17.7 Å². The first-order valence-electron chi connectivity index (χ1n) is 9.58. The Balaban J connectivity index is 1.80. The molecule has 0 bridgehead atoms. The van der Waals surface area contributed by atoms with Gasteiger partial charge in [-0.2, -0.15) is 0 Å². The number of Topliss-reactive ketones (excluding diaryl/α,β-unsaturated/α-hetero) is 1. The summed E-state index contributed by atoms with van der Waals surface area (Å²) < 4.78 is 5.69. The highest BCUT2D eigenvalue weighted by Gasteiger charge is 2.46. The van der Waals surface area contributed by atoms with E-state index in [-0.39, 0.29) is 17.4 Å². The topological polar surface area (TPSA) is 66.8 Å². The summed E-state index contributed by atoms with van der Waals surface area (Å²) in [7, 11) is 0. The maximum absolute atomic E-state index is 12.9. The average molecular weight is 377 g/mol. The summed E-state index contributed by atoms with van der Waals surface area (Å²) >= 11 is 0. The summed E-state index contributed by atoms with van der Waals surface area (Å²) in [5, 5.41) is 11.0. The highest BCUT2D eigenvalue weighted by molar-refractivity contribution is 6.46. The molecule has 144 valence electrons. The van der Waals surface area contributed by atoms with E-state index in [0.717, 1.165) is 24.0 Å². The first-order chi connectivity index (χ1) is 13.6. The van der Waals surface area contributed by atoms with E-state index in [0.29, 0.717) is 18.7 Å². The van der Waals surface area contributed by atoms with Gasteiger partial charge in [-0.15, -0.1) is 0 Å². The largest absolute Gasteiger partial charge is 0.507 e. The van der Waals surface area contributed by atoms with Crippen LogP contribution < -0.4 is 0 Å². The molecule has 5 heteroatoms.